The molecule has 0 radical (unpaired) electrons. The van der Waals surface area contributed by atoms with Crippen LogP contribution >= 0.6 is 0 Å². The summed E-state index contributed by atoms with van der Waals surface area (Å²) in [4.78, 5) is 7.39. The molecule has 0 spiro atoms. The average molecular weight is 309 g/mol. The van der Waals surface area contributed by atoms with Gasteiger partial charge in [0.05, 0.1) is 0 Å². The normalized spacial score (nSPS) is 20.8. The van der Waals surface area contributed by atoms with E-state index in [-0.39, 0.29) is 0 Å². The van der Waals surface area contributed by atoms with Crippen LogP contribution in [0.15, 0.2) is 4.99 Å². The van der Waals surface area contributed by atoms with Crippen LogP contribution < -0.4 is 10.6 Å². The summed E-state index contributed by atoms with van der Waals surface area (Å²) in [6.45, 7) is 15.2. The molecule has 0 aromatic carbocycles. The maximum atomic E-state index is 4.87. The Labute approximate surface area is 137 Å². The smallest absolute Gasteiger partial charge is 0.191 e. The van der Waals surface area contributed by atoms with Crippen molar-refractivity contribution in [2.75, 3.05) is 26.2 Å². The SMILES string of the molecule is CCNC(=NCC1(C2CC2)CC1)NCCN(C(C)C)C(C)C. The summed E-state index contributed by atoms with van der Waals surface area (Å²) >= 11 is 0. The molecule has 0 unspecified atom stereocenters. The highest BCUT2D eigenvalue weighted by molar-refractivity contribution is 5.79. The van der Waals surface area contributed by atoms with E-state index in [1.165, 1.54) is 25.7 Å². The lowest BCUT2D eigenvalue weighted by Gasteiger charge is -2.30. The second kappa shape index (κ2) is 7.67. The zero-order valence-electron chi connectivity index (χ0n) is 15.3. The predicted molar refractivity (Wildman–Crippen MR) is 95.4 cm³/mol. The van der Waals surface area contributed by atoms with Crippen molar-refractivity contribution < 1.29 is 0 Å². The second-order valence-corrected chi connectivity index (χ2v) is 7.68. The van der Waals surface area contributed by atoms with Gasteiger partial charge in [-0.15, -0.1) is 0 Å². The van der Waals surface area contributed by atoms with E-state index in [4.69, 9.17) is 4.99 Å². The quantitative estimate of drug-likeness (QED) is 0.508. The molecule has 0 heterocycles. The molecule has 0 aromatic heterocycles. The molecule has 0 aromatic rings. The molecule has 4 heteroatoms. The first kappa shape index (κ1) is 17.6. The molecular formula is C18H36N4. The Morgan fingerprint density at radius 1 is 1.14 bits per heavy atom. The molecular weight excluding hydrogens is 272 g/mol. The zero-order chi connectivity index (χ0) is 16.2. The van der Waals surface area contributed by atoms with Crippen LogP contribution in [0.5, 0.6) is 0 Å². The molecule has 22 heavy (non-hydrogen) atoms. The first-order valence-electron chi connectivity index (χ1n) is 9.26. The first-order valence-corrected chi connectivity index (χ1v) is 9.26. The first-order chi connectivity index (χ1) is 10.5. The molecule has 4 nitrogen and oxygen atoms in total. The van der Waals surface area contributed by atoms with Gasteiger partial charge in [-0.1, -0.05) is 0 Å². The molecule has 128 valence electrons. The van der Waals surface area contributed by atoms with Gasteiger partial charge in [-0.25, -0.2) is 0 Å². The number of hydrogen-bond donors (Lipinski definition) is 2. The summed E-state index contributed by atoms with van der Waals surface area (Å²) in [6, 6.07) is 1.18. The Hall–Kier alpha value is -0.770. The lowest BCUT2D eigenvalue weighted by Crippen LogP contribution is -2.45. The van der Waals surface area contributed by atoms with E-state index in [1.54, 1.807) is 0 Å². The Kier molecular flexibility index (Phi) is 6.13. The lowest BCUT2D eigenvalue weighted by atomic mass is 10.0. The maximum absolute atomic E-state index is 4.87. The average Bonchev–Trinajstić information content (AvgIpc) is 3.32. The van der Waals surface area contributed by atoms with Crippen LogP contribution in [0.4, 0.5) is 0 Å². The lowest BCUT2D eigenvalue weighted by molar-refractivity contribution is 0.178. The molecule has 2 aliphatic rings. The van der Waals surface area contributed by atoms with Crippen molar-refractivity contribution >= 4 is 5.96 Å². The van der Waals surface area contributed by atoms with Crippen molar-refractivity contribution in [1.29, 1.82) is 0 Å². The van der Waals surface area contributed by atoms with E-state index in [0.717, 1.165) is 38.1 Å². The summed E-state index contributed by atoms with van der Waals surface area (Å²) in [6.07, 6.45) is 5.68. The van der Waals surface area contributed by atoms with E-state index in [9.17, 15) is 0 Å². The maximum Gasteiger partial charge on any atom is 0.191 e. The number of nitrogens with one attached hydrogen (secondary N) is 2. The molecule has 2 aliphatic carbocycles. The highest BCUT2D eigenvalue weighted by atomic mass is 15.2. The fourth-order valence-corrected chi connectivity index (χ4v) is 3.55. The summed E-state index contributed by atoms with van der Waals surface area (Å²) < 4.78 is 0. The Bertz CT molecular complexity index is 359. The van der Waals surface area contributed by atoms with Crippen LogP contribution in [0.1, 0.15) is 60.3 Å². The number of aliphatic imine (C=N–C) groups is 1. The van der Waals surface area contributed by atoms with Gasteiger partial charge in [0.15, 0.2) is 5.96 Å². The Balaban J connectivity index is 1.78. The van der Waals surface area contributed by atoms with Crippen molar-refractivity contribution in [1.82, 2.24) is 15.5 Å². The summed E-state index contributed by atoms with van der Waals surface area (Å²) in [5.74, 6) is 1.98. The Morgan fingerprint density at radius 2 is 1.77 bits per heavy atom. The minimum Gasteiger partial charge on any atom is -0.357 e. The molecule has 2 saturated carbocycles. The second-order valence-electron chi connectivity index (χ2n) is 7.68. The van der Waals surface area contributed by atoms with Crippen molar-refractivity contribution in [3.63, 3.8) is 0 Å². The van der Waals surface area contributed by atoms with Crippen molar-refractivity contribution in [2.45, 2.75) is 72.4 Å². The van der Waals surface area contributed by atoms with E-state index >= 15 is 0 Å². The van der Waals surface area contributed by atoms with Crippen LogP contribution in [-0.2, 0) is 0 Å². The van der Waals surface area contributed by atoms with Crippen molar-refractivity contribution in [3.05, 3.63) is 0 Å². The van der Waals surface area contributed by atoms with Gasteiger partial charge in [0.2, 0.25) is 0 Å². The topological polar surface area (TPSA) is 39.7 Å². The van der Waals surface area contributed by atoms with Crippen molar-refractivity contribution in [2.24, 2.45) is 16.3 Å². The van der Waals surface area contributed by atoms with Gasteiger partial charge >= 0.3 is 0 Å². The molecule has 0 saturated heterocycles. The number of hydrogen-bond acceptors (Lipinski definition) is 2. The third-order valence-electron chi connectivity index (χ3n) is 5.22. The fourth-order valence-electron chi connectivity index (χ4n) is 3.55. The highest BCUT2D eigenvalue weighted by Gasteiger charge is 2.53. The van der Waals surface area contributed by atoms with Crippen LogP contribution in [0.25, 0.3) is 0 Å². The van der Waals surface area contributed by atoms with Gasteiger partial charge in [-0.3, -0.25) is 9.89 Å². The fraction of sp³-hybridized carbons (Fsp3) is 0.944. The van der Waals surface area contributed by atoms with Crippen LogP contribution in [0, 0.1) is 11.3 Å². The van der Waals surface area contributed by atoms with E-state index in [0.29, 0.717) is 17.5 Å². The van der Waals surface area contributed by atoms with E-state index in [2.05, 4.69) is 50.2 Å². The number of rotatable bonds is 9. The van der Waals surface area contributed by atoms with Gasteiger partial charge in [-0.2, -0.15) is 0 Å². The van der Waals surface area contributed by atoms with Gasteiger partial charge in [-0.05, 0) is 71.6 Å². The van der Waals surface area contributed by atoms with Crippen LogP contribution in [-0.4, -0.2) is 49.1 Å². The molecule has 0 aliphatic heterocycles. The third kappa shape index (κ3) is 4.87. The predicted octanol–water partition coefficient (Wildman–Crippen LogP) is 2.85. The third-order valence-corrected chi connectivity index (χ3v) is 5.22. The molecule has 2 rings (SSSR count). The van der Waals surface area contributed by atoms with Crippen LogP contribution in [0.2, 0.25) is 0 Å². The summed E-state index contributed by atoms with van der Waals surface area (Å²) in [5, 5.41) is 6.91. The van der Waals surface area contributed by atoms with E-state index < -0.39 is 0 Å². The minimum absolute atomic E-state index is 0.588. The van der Waals surface area contributed by atoms with E-state index in [1.807, 2.05) is 0 Å². The standard InChI is InChI=1S/C18H36N4/c1-6-19-17(20-11-12-22(14(2)3)15(4)5)21-13-18(9-10-18)16-7-8-16/h14-16H,6-13H2,1-5H3,(H2,19,20,21). The van der Waals surface area contributed by atoms with Gasteiger partial charge < -0.3 is 10.6 Å². The largest absolute Gasteiger partial charge is 0.357 e. The monoisotopic (exact) mass is 308 g/mol. The Morgan fingerprint density at radius 3 is 2.23 bits per heavy atom. The zero-order valence-corrected chi connectivity index (χ0v) is 15.3. The van der Waals surface area contributed by atoms with Gasteiger partial charge in [0, 0.05) is 38.3 Å². The summed E-state index contributed by atoms with van der Waals surface area (Å²) in [7, 11) is 0. The number of nitrogens with zero attached hydrogens (tertiary/aromatic N) is 2. The van der Waals surface area contributed by atoms with Crippen molar-refractivity contribution in [3.8, 4) is 0 Å². The van der Waals surface area contributed by atoms with Crippen LogP contribution in [0.3, 0.4) is 0 Å². The van der Waals surface area contributed by atoms with Gasteiger partial charge in [0.25, 0.3) is 0 Å². The minimum atomic E-state index is 0.588. The summed E-state index contributed by atoms with van der Waals surface area (Å²) in [5.41, 5.74) is 0.588. The number of guanidine groups is 1. The van der Waals surface area contributed by atoms with Gasteiger partial charge in [0.1, 0.15) is 0 Å². The molecule has 2 N–H and O–H groups in total. The molecule has 0 bridgehead atoms. The highest BCUT2D eigenvalue weighted by Crippen LogP contribution is 2.61. The molecule has 0 atom stereocenters. The molecule has 2 fully saturated rings. The molecule has 0 amide bonds.